The minimum atomic E-state index is 1.26. The van der Waals surface area contributed by atoms with E-state index >= 15 is 0 Å². The molecule has 1 aliphatic rings. The van der Waals surface area contributed by atoms with E-state index in [9.17, 15) is 0 Å². The molecule has 2 heterocycles. The fraction of sp³-hybridized carbons (Fsp3) is 0. The summed E-state index contributed by atoms with van der Waals surface area (Å²) in [7, 11) is 0. The third kappa shape index (κ3) is 2.20. The highest BCUT2D eigenvalue weighted by atomic mass is 32.2. The van der Waals surface area contributed by atoms with Gasteiger partial charge in [0.05, 0.1) is 16.7 Å². The van der Waals surface area contributed by atoms with Gasteiger partial charge < -0.3 is 4.57 Å². The van der Waals surface area contributed by atoms with Gasteiger partial charge in [0.1, 0.15) is 0 Å². The zero-order chi connectivity index (χ0) is 19.7. The number of rotatable bonds is 1. The summed E-state index contributed by atoms with van der Waals surface area (Å²) >= 11 is 1.87. The molecule has 7 rings (SSSR count). The fourth-order valence-electron chi connectivity index (χ4n) is 4.77. The number of hydrogen-bond donors (Lipinski definition) is 0. The van der Waals surface area contributed by atoms with Gasteiger partial charge in [-0.2, -0.15) is 0 Å². The molecule has 140 valence electrons. The van der Waals surface area contributed by atoms with Crippen molar-refractivity contribution in [3.05, 3.63) is 103 Å². The standard InChI is InChI=1S/C28H17NS/c1-2-7-19-16-20(13-12-18(19)6-1)21-14-15-24-23(17-21)22-8-5-11-27-28(22)29(24)25-9-3-4-10-26(25)30-27/h1-17H. The van der Waals surface area contributed by atoms with E-state index in [0.29, 0.717) is 0 Å². The summed E-state index contributed by atoms with van der Waals surface area (Å²) in [5.74, 6) is 0. The zero-order valence-corrected chi connectivity index (χ0v) is 17.0. The first-order chi connectivity index (χ1) is 14.9. The summed E-state index contributed by atoms with van der Waals surface area (Å²) in [6.07, 6.45) is 0. The predicted molar refractivity (Wildman–Crippen MR) is 128 cm³/mol. The molecule has 0 aliphatic carbocycles. The van der Waals surface area contributed by atoms with Crippen LogP contribution in [-0.2, 0) is 0 Å². The minimum Gasteiger partial charge on any atom is -0.307 e. The Morgan fingerprint density at radius 3 is 2.27 bits per heavy atom. The zero-order valence-electron chi connectivity index (χ0n) is 16.2. The molecule has 0 saturated carbocycles. The molecule has 0 fully saturated rings. The number of para-hydroxylation sites is 2. The predicted octanol–water partition coefficient (Wildman–Crippen LogP) is 8.07. The van der Waals surface area contributed by atoms with Crippen molar-refractivity contribution in [2.24, 2.45) is 0 Å². The van der Waals surface area contributed by atoms with Crippen molar-refractivity contribution in [3.63, 3.8) is 0 Å². The Hall–Kier alpha value is -3.49. The van der Waals surface area contributed by atoms with Crippen LogP contribution in [0.15, 0.2) is 113 Å². The van der Waals surface area contributed by atoms with Crippen LogP contribution in [0.5, 0.6) is 0 Å². The molecule has 1 aliphatic heterocycles. The Labute approximate surface area is 178 Å². The van der Waals surface area contributed by atoms with Gasteiger partial charge in [-0.25, -0.2) is 0 Å². The Bertz CT molecular complexity index is 1620. The maximum atomic E-state index is 2.44. The first-order valence-electron chi connectivity index (χ1n) is 10.2. The summed E-state index contributed by atoms with van der Waals surface area (Å²) in [6, 6.07) is 37.6. The van der Waals surface area contributed by atoms with Gasteiger partial charge in [0.15, 0.2) is 0 Å². The number of benzene rings is 5. The molecule has 5 aromatic carbocycles. The second kappa shape index (κ2) is 6.01. The van der Waals surface area contributed by atoms with Crippen LogP contribution in [-0.4, -0.2) is 4.57 Å². The largest absolute Gasteiger partial charge is 0.307 e. The number of hydrogen-bond acceptors (Lipinski definition) is 1. The Balaban J connectivity index is 1.54. The van der Waals surface area contributed by atoms with Gasteiger partial charge in [-0.1, -0.05) is 78.5 Å². The Morgan fingerprint density at radius 1 is 0.533 bits per heavy atom. The Kier molecular flexibility index (Phi) is 3.27. The fourth-order valence-corrected chi connectivity index (χ4v) is 5.86. The van der Waals surface area contributed by atoms with Gasteiger partial charge >= 0.3 is 0 Å². The maximum Gasteiger partial charge on any atom is 0.0681 e. The molecule has 0 spiro atoms. The summed E-state index contributed by atoms with van der Waals surface area (Å²) in [5.41, 5.74) is 6.40. The third-order valence-electron chi connectivity index (χ3n) is 6.16. The van der Waals surface area contributed by atoms with Crippen molar-refractivity contribution >= 4 is 44.3 Å². The normalized spacial score (nSPS) is 12.5. The van der Waals surface area contributed by atoms with Gasteiger partial charge in [0.25, 0.3) is 0 Å². The lowest BCUT2D eigenvalue weighted by atomic mass is 9.99. The minimum absolute atomic E-state index is 1.26. The molecule has 0 amide bonds. The van der Waals surface area contributed by atoms with Gasteiger partial charge in [-0.3, -0.25) is 0 Å². The van der Waals surface area contributed by atoms with E-state index in [2.05, 4.69) is 108 Å². The first-order valence-corrected chi connectivity index (χ1v) is 11.0. The van der Waals surface area contributed by atoms with Crippen LogP contribution in [0.3, 0.4) is 0 Å². The van der Waals surface area contributed by atoms with Gasteiger partial charge in [0, 0.05) is 20.6 Å². The van der Waals surface area contributed by atoms with Crippen molar-refractivity contribution in [2.45, 2.75) is 9.79 Å². The number of fused-ring (bicyclic) bond motifs is 6. The van der Waals surface area contributed by atoms with Crippen LogP contribution >= 0.6 is 11.8 Å². The second-order valence-corrected chi connectivity index (χ2v) is 8.94. The molecule has 0 unspecified atom stereocenters. The molecule has 0 radical (unpaired) electrons. The van der Waals surface area contributed by atoms with Crippen molar-refractivity contribution in [2.75, 3.05) is 0 Å². The van der Waals surface area contributed by atoms with Crippen molar-refractivity contribution in [1.29, 1.82) is 0 Å². The van der Waals surface area contributed by atoms with E-state index in [4.69, 9.17) is 0 Å². The monoisotopic (exact) mass is 399 g/mol. The van der Waals surface area contributed by atoms with Crippen LogP contribution in [0.2, 0.25) is 0 Å². The molecule has 30 heavy (non-hydrogen) atoms. The average Bonchev–Trinajstić information content (AvgIpc) is 3.14. The summed E-state index contributed by atoms with van der Waals surface area (Å²) in [4.78, 5) is 2.64. The van der Waals surface area contributed by atoms with Crippen LogP contribution < -0.4 is 0 Å². The van der Waals surface area contributed by atoms with Gasteiger partial charge in [-0.15, -0.1) is 0 Å². The molecule has 1 nitrogen and oxygen atoms in total. The smallest absolute Gasteiger partial charge is 0.0681 e. The molecular weight excluding hydrogens is 382 g/mol. The quantitative estimate of drug-likeness (QED) is 0.270. The van der Waals surface area contributed by atoms with Crippen molar-refractivity contribution in [1.82, 2.24) is 4.57 Å². The summed E-state index contributed by atoms with van der Waals surface area (Å²) < 4.78 is 2.44. The van der Waals surface area contributed by atoms with Crippen molar-refractivity contribution < 1.29 is 0 Å². The molecule has 2 heteroatoms. The van der Waals surface area contributed by atoms with E-state index in [0.717, 1.165) is 0 Å². The Morgan fingerprint density at radius 2 is 1.30 bits per heavy atom. The van der Waals surface area contributed by atoms with E-state index in [-0.39, 0.29) is 0 Å². The highest BCUT2D eigenvalue weighted by Crippen LogP contribution is 2.46. The topological polar surface area (TPSA) is 4.93 Å². The highest BCUT2D eigenvalue weighted by Gasteiger charge is 2.22. The molecular formula is C28H17NS. The summed E-state index contributed by atoms with van der Waals surface area (Å²) in [6.45, 7) is 0. The summed E-state index contributed by atoms with van der Waals surface area (Å²) in [5, 5.41) is 5.20. The van der Waals surface area contributed by atoms with E-state index in [1.807, 2.05) is 11.8 Å². The molecule has 0 atom stereocenters. The van der Waals surface area contributed by atoms with Crippen LogP contribution in [0.4, 0.5) is 0 Å². The molecule has 1 aromatic heterocycles. The van der Waals surface area contributed by atoms with E-state index in [1.54, 1.807) is 0 Å². The molecule has 0 saturated heterocycles. The molecule has 6 aromatic rings. The SMILES string of the molecule is c1ccc2c(c1)Sc1cccc3c4cc(-c5ccc6ccccc6c5)ccc4n-2c13. The van der Waals surface area contributed by atoms with Gasteiger partial charge in [-0.05, 0) is 58.3 Å². The van der Waals surface area contributed by atoms with E-state index < -0.39 is 0 Å². The average molecular weight is 400 g/mol. The van der Waals surface area contributed by atoms with Crippen molar-refractivity contribution in [3.8, 4) is 16.8 Å². The number of aromatic nitrogens is 1. The first kappa shape index (κ1) is 16.3. The highest BCUT2D eigenvalue weighted by molar-refractivity contribution is 7.99. The maximum absolute atomic E-state index is 2.44. The lowest BCUT2D eigenvalue weighted by Crippen LogP contribution is -2.00. The van der Waals surface area contributed by atoms with Gasteiger partial charge in [0.2, 0.25) is 0 Å². The lowest BCUT2D eigenvalue weighted by Gasteiger charge is -2.19. The lowest BCUT2D eigenvalue weighted by molar-refractivity contribution is 1.09. The van der Waals surface area contributed by atoms with Crippen LogP contribution in [0.25, 0.3) is 49.4 Å². The molecule has 0 N–H and O–H groups in total. The van der Waals surface area contributed by atoms with Crippen LogP contribution in [0.1, 0.15) is 0 Å². The second-order valence-electron chi connectivity index (χ2n) is 7.85. The third-order valence-corrected chi connectivity index (χ3v) is 7.27. The van der Waals surface area contributed by atoms with Crippen LogP contribution in [0, 0.1) is 0 Å². The molecule has 0 bridgehead atoms. The number of nitrogens with zero attached hydrogens (tertiary/aromatic N) is 1. The van der Waals surface area contributed by atoms with E-state index in [1.165, 1.54) is 59.2 Å².